The lowest BCUT2D eigenvalue weighted by molar-refractivity contribution is -0.121. The fourth-order valence-electron chi connectivity index (χ4n) is 2.41. The quantitative estimate of drug-likeness (QED) is 0.781. The van der Waals surface area contributed by atoms with Crippen molar-refractivity contribution in [3.05, 3.63) is 60.2 Å². The highest BCUT2D eigenvalue weighted by atomic mass is 32.2. The number of carbonyl (C=O) groups excluding carboxylic acids is 1. The molecule has 0 bridgehead atoms. The first kappa shape index (κ1) is 18.8. The van der Waals surface area contributed by atoms with Crippen molar-refractivity contribution < 1.29 is 17.9 Å². The summed E-state index contributed by atoms with van der Waals surface area (Å²) in [5, 5.41) is 2.79. The molecular formula is C18H22N2O4S. The Balaban J connectivity index is 1.95. The molecule has 134 valence electrons. The number of amides is 1. The van der Waals surface area contributed by atoms with Crippen LogP contribution in [0, 0.1) is 0 Å². The van der Waals surface area contributed by atoms with Crippen molar-refractivity contribution >= 4 is 21.6 Å². The summed E-state index contributed by atoms with van der Waals surface area (Å²) in [5.74, 6) is 0.473. The second kappa shape index (κ2) is 8.53. The van der Waals surface area contributed by atoms with Crippen molar-refractivity contribution in [3.63, 3.8) is 0 Å². The van der Waals surface area contributed by atoms with Crippen LogP contribution in [0.4, 0.5) is 5.69 Å². The lowest BCUT2D eigenvalue weighted by Crippen LogP contribution is -2.34. The summed E-state index contributed by atoms with van der Waals surface area (Å²) in [6.07, 6.45) is 1.20. The van der Waals surface area contributed by atoms with E-state index in [1.807, 2.05) is 30.3 Å². The zero-order chi connectivity index (χ0) is 18.3. The standard InChI is InChI=1S/C18H22N2O4S/c1-24-17-11-7-6-8-15(17)14-19-18(21)12-13-20(25(2,22)23)16-9-4-3-5-10-16/h3-11H,12-14H2,1-2H3,(H,19,21). The number of benzene rings is 2. The molecular weight excluding hydrogens is 340 g/mol. The molecule has 6 nitrogen and oxygen atoms in total. The van der Waals surface area contributed by atoms with Crippen LogP contribution in [0.25, 0.3) is 0 Å². The van der Waals surface area contributed by atoms with Crippen molar-refractivity contribution in [1.82, 2.24) is 5.32 Å². The highest BCUT2D eigenvalue weighted by molar-refractivity contribution is 7.92. The number of carbonyl (C=O) groups is 1. The van der Waals surface area contributed by atoms with Gasteiger partial charge < -0.3 is 10.1 Å². The van der Waals surface area contributed by atoms with Crippen molar-refractivity contribution in [2.45, 2.75) is 13.0 Å². The molecule has 2 aromatic rings. The van der Waals surface area contributed by atoms with Crippen LogP contribution in [0.15, 0.2) is 54.6 Å². The summed E-state index contributed by atoms with van der Waals surface area (Å²) in [4.78, 5) is 12.1. The van der Waals surface area contributed by atoms with Gasteiger partial charge in [0.2, 0.25) is 15.9 Å². The van der Waals surface area contributed by atoms with Crippen molar-refractivity contribution in [3.8, 4) is 5.75 Å². The van der Waals surface area contributed by atoms with Crippen LogP contribution in [-0.4, -0.2) is 34.2 Å². The highest BCUT2D eigenvalue weighted by Crippen LogP contribution is 2.18. The van der Waals surface area contributed by atoms with Gasteiger partial charge in [0.05, 0.1) is 19.1 Å². The minimum atomic E-state index is -3.46. The number of anilines is 1. The van der Waals surface area contributed by atoms with Crippen LogP contribution in [0.5, 0.6) is 5.75 Å². The largest absolute Gasteiger partial charge is 0.496 e. The fourth-order valence-corrected chi connectivity index (χ4v) is 3.34. The average Bonchev–Trinajstić information content (AvgIpc) is 2.60. The molecule has 0 aliphatic heterocycles. The molecule has 0 radical (unpaired) electrons. The maximum atomic E-state index is 12.1. The van der Waals surface area contributed by atoms with E-state index in [4.69, 9.17) is 4.74 Å². The third kappa shape index (κ3) is 5.49. The molecule has 2 aromatic carbocycles. The van der Waals surface area contributed by atoms with Gasteiger partial charge in [0.25, 0.3) is 0 Å². The van der Waals surface area contributed by atoms with Gasteiger partial charge in [0.1, 0.15) is 5.75 Å². The number of nitrogens with zero attached hydrogens (tertiary/aromatic N) is 1. The predicted molar refractivity (Wildman–Crippen MR) is 98.1 cm³/mol. The molecule has 1 amide bonds. The van der Waals surface area contributed by atoms with Crippen LogP contribution in [0.1, 0.15) is 12.0 Å². The minimum Gasteiger partial charge on any atom is -0.496 e. The zero-order valence-electron chi connectivity index (χ0n) is 14.3. The van der Waals surface area contributed by atoms with Gasteiger partial charge >= 0.3 is 0 Å². The molecule has 2 rings (SSSR count). The lowest BCUT2D eigenvalue weighted by Gasteiger charge is -2.22. The van der Waals surface area contributed by atoms with E-state index in [2.05, 4.69) is 5.32 Å². The Morgan fingerprint density at radius 1 is 1.08 bits per heavy atom. The molecule has 0 heterocycles. The summed E-state index contributed by atoms with van der Waals surface area (Å²) in [6, 6.07) is 16.1. The van der Waals surface area contributed by atoms with Gasteiger partial charge in [-0.1, -0.05) is 36.4 Å². The van der Waals surface area contributed by atoms with Crippen LogP contribution in [-0.2, 0) is 21.4 Å². The molecule has 1 N–H and O–H groups in total. The Kier molecular flexibility index (Phi) is 6.41. The molecule has 0 atom stereocenters. The number of hydrogen-bond acceptors (Lipinski definition) is 4. The second-order valence-electron chi connectivity index (χ2n) is 5.51. The van der Waals surface area contributed by atoms with Gasteiger partial charge in [0.15, 0.2) is 0 Å². The molecule has 0 unspecified atom stereocenters. The van der Waals surface area contributed by atoms with E-state index in [1.54, 1.807) is 31.4 Å². The zero-order valence-corrected chi connectivity index (χ0v) is 15.1. The molecule has 0 aliphatic carbocycles. The normalized spacial score (nSPS) is 11.0. The molecule has 0 saturated heterocycles. The first-order valence-corrected chi connectivity index (χ1v) is 9.68. The molecule has 0 spiro atoms. The maximum absolute atomic E-state index is 12.1. The molecule has 7 heteroatoms. The molecule has 0 saturated carbocycles. The van der Waals surface area contributed by atoms with E-state index < -0.39 is 10.0 Å². The summed E-state index contributed by atoms with van der Waals surface area (Å²) in [7, 11) is -1.88. The first-order valence-electron chi connectivity index (χ1n) is 7.83. The number of sulfonamides is 1. The van der Waals surface area contributed by atoms with E-state index in [-0.39, 0.29) is 18.9 Å². The summed E-state index contributed by atoms with van der Waals surface area (Å²) in [5.41, 5.74) is 1.41. The van der Waals surface area contributed by atoms with E-state index in [0.29, 0.717) is 18.0 Å². The Labute approximate surface area is 148 Å². The summed E-state index contributed by atoms with van der Waals surface area (Å²) < 4.78 is 30.4. The Hall–Kier alpha value is -2.54. The number of nitrogens with one attached hydrogen (secondary N) is 1. The summed E-state index contributed by atoms with van der Waals surface area (Å²) in [6.45, 7) is 0.410. The third-order valence-electron chi connectivity index (χ3n) is 3.65. The predicted octanol–water partition coefficient (Wildman–Crippen LogP) is 2.17. The Morgan fingerprint density at radius 2 is 1.72 bits per heavy atom. The molecule has 25 heavy (non-hydrogen) atoms. The third-order valence-corrected chi connectivity index (χ3v) is 4.85. The number of ether oxygens (including phenoxy) is 1. The SMILES string of the molecule is COc1ccccc1CNC(=O)CCN(c1ccccc1)S(C)(=O)=O. The Bertz CT molecular complexity index is 807. The van der Waals surface area contributed by atoms with Crippen LogP contribution < -0.4 is 14.4 Å². The van der Waals surface area contributed by atoms with Crippen molar-refractivity contribution in [2.24, 2.45) is 0 Å². The van der Waals surface area contributed by atoms with Crippen molar-refractivity contribution in [2.75, 3.05) is 24.2 Å². The van der Waals surface area contributed by atoms with Gasteiger partial charge in [-0.25, -0.2) is 8.42 Å². The number of rotatable bonds is 8. The van der Waals surface area contributed by atoms with Gasteiger partial charge in [-0.3, -0.25) is 9.10 Å². The van der Waals surface area contributed by atoms with Crippen LogP contribution in [0.2, 0.25) is 0 Å². The van der Waals surface area contributed by atoms with Gasteiger partial charge in [-0.15, -0.1) is 0 Å². The molecule has 0 fully saturated rings. The fraction of sp³-hybridized carbons (Fsp3) is 0.278. The van der Waals surface area contributed by atoms with Gasteiger partial charge in [-0.2, -0.15) is 0 Å². The topological polar surface area (TPSA) is 75.7 Å². The smallest absolute Gasteiger partial charge is 0.232 e. The van der Waals surface area contributed by atoms with Gasteiger partial charge in [-0.05, 0) is 18.2 Å². The van der Waals surface area contributed by atoms with Gasteiger partial charge in [0, 0.05) is 25.1 Å². The highest BCUT2D eigenvalue weighted by Gasteiger charge is 2.18. The maximum Gasteiger partial charge on any atom is 0.232 e. The average molecular weight is 362 g/mol. The van der Waals surface area contributed by atoms with E-state index >= 15 is 0 Å². The van der Waals surface area contributed by atoms with Crippen molar-refractivity contribution in [1.29, 1.82) is 0 Å². The van der Waals surface area contributed by atoms with Crippen LogP contribution >= 0.6 is 0 Å². The van der Waals surface area contributed by atoms with E-state index in [9.17, 15) is 13.2 Å². The number of methoxy groups -OCH3 is 1. The monoisotopic (exact) mass is 362 g/mol. The lowest BCUT2D eigenvalue weighted by atomic mass is 10.2. The van der Waals surface area contributed by atoms with Crippen LogP contribution in [0.3, 0.4) is 0 Å². The minimum absolute atomic E-state index is 0.0666. The summed E-state index contributed by atoms with van der Waals surface area (Å²) >= 11 is 0. The van der Waals surface area contributed by atoms with E-state index in [0.717, 1.165) is 11.8 Å². The van der Waals surface area contributed by atoms with E-state index in [1.165, 1.54) is 4.31 Å². The second-order valence-corrected chi connectivity index (χ2v) is 7.42. The first-order chi connectivity index (χ1) is 11.9. The molecule has 0 aliphatic rings. The number of para-hydroxylation sites is 2. The molecule has 0 aromatic heterocycles. The number of hydrogen-bond donors (Lipinski definition) is 1. The Morgan fingerprint density at radius 3 is 2.36 bits per heavy atom.